The topological polar surface area (TPSA) is 70.1 Å². The minimum absolute atomic E-state index is 0.101. The predicted molar refractivity (Wildman–Crippen MR) is 94.4 cm³/mol. The third kappa shape index (κ3) is 4.10. The van der Waals surface area contributed by atoms with E-state index in [0.29, 0.717) is 19.0 Å². The van der Waals surface area contributed by atoms with E-state index in [1.165, 1.54) is 32.1 Å². The highest BCUT2D eigenvalue weighted by Crippen LogP contribution is 2.41. The van der Waals surface area contributed by atoms with Crippen LogP contribution in [0.25, 0.3) is 0 Å². The highest BCUT2D eigenvalue weighted by Gasteiger charge is 2.53. The van der Waals surface area contributed by atoms with E-state index < -0.39 is 17.1 Å². The first-order valence-electron chi connectivity index (χ1n) is 9.63. The average molecular weight is 352 g/mol. The van der Waals surface area contributed by atoms with Gasteiger partial charge in [-0.3, -0.25) is 9.69 Å². The first-order valence-corrected chi connectivity index (χ1v) is 9.63. The van der Waals surface area contributed by atoms with Crippen molar-refractivity contribution in [3.8, 4) is 0 Å². The Morgan fingerprint density at radius 1 is 1.12 bits per heavy atom. The number of carboxylic acids is 1. The summed E-state index contributed by atoms with van der Waals surface area (Å²) < 4.78 is 5.43. The van der Waals surface area contributed by atoms with Gasteiger partial charge in [-0.2, -0.15) is 0 Å². The van der Waals surface area contributed by atoms with Gasteiger partial charge >= 0.3 is 12.1 Å². The lowest BCUT2D eigenvalue weighted by molar-refractivity contribution is -0.148. The molecule has 1 aliphatic carbocycles. The molecule has 2 aliphatic heterocycles. The van der Waals surface area contributed by atoms with Crippen LogP contribution < -0.4 is 0 Å². The molecule has 25 heavy (non-hydrogen) atoms. The van der Waals surface area contributed by atoms with Crippen LogP contribution in [0.5, 0.6) is 0 Å². The van der Waals surface area contributed by atoms with E-state index >= 15 is 0 Å². The number of rotatable bonds is 3. The smallest absolute Gasteiger partial charge is 0.410 e. The molecule has 2 atom stereocenters. The highest BCUT2D eigenvalue weighted by molar-refractivity contribution is 5.73. The van der Waals surface area contributed by atoms with Gasteiger partial charge in [0.1, 0.15) is 5.60 Å². The molecule has 142 valence electrons. The van der Waals surface area contributed by atoms with Crippen molar-refractivity contribution in [2.24, 2.45) is 11.8 Å². The lowest BCUT2D eigenvalue weighted by Gasteiger charge is -2.58. The summed E-state index contributed by atoms with van der Waals surface area (Å²) in [6.07, 6.45) is 6.16. The molecule has 6 heteroatoms. The summed E-state index contributed by atoms with van der Waals surface area (Å²) in [5, 5.41) is 9.43. The summed E-state index contributed by atoms with van der Waals surface area (Å²) in [5.41, 5.74) is -0.937. The van der Waals surface area contributed by atoms with Gasteiger partial charge in [0.2, 0.25) is 0 Å². The molecule has 0 radical (unpaired) electrons. The van der Waals surface area contributed by atoms with Gasteiger partial charge in [-0.15, -0.1) is 0 Å². The van der Waals surface area contributed by atoms with Gasteiger partial charge in [-0.1, -0.05) is 19.3 Å². The summed E-state index contributed by atoms with van der Waals surface area (Å²) in [6, 6.07) is 0. The largest absolute Gasteiger partial charge is 0.481 e. The molecule has 2 saturated heterocycles. The fourth-order valence-corrected chi connectivity index (χ4v) is 4.86. The van der Waals surface area contributed by atoms with E-state index in [4.69, 9.17) is 4.74 Å². The van der Waals surface area contributed by atoms with Crippen LogP contribution >= 0.6 is 0 Å². The molecule has 0 spiro atoms. The third-order valence-corrected chi connectivity index (χ3v) is 6.06. The Balaban J connectivity index is 1.65. The number of fused-ring (bicyclic) bond motifs is 1. The Hall–Kier alpha value is -1.30. The maximum atomic E-state index is 12.3. The number of piperidine rings is 1. The van der Waals surface area contributed by atoms with E-state index in [9.17, 15) is 14.7 Å². The summed E-state index contributed by atoms with van der Waals surface area (Å²) in [5.74, 6) is 0.729. The minimum Gasteiger partial charge on any atom is -0.481 e. The molecular weight excluding hydrogens is 320 g/mol. The Bertz CT molecular complexity index is 522. The number of hydrogen-bond donors (Lipinski definition) is 1. The van der Waals surface area contributed by atoms with E-state index in [1.54, 1.807) is 4.90 Å². The second kappa shape index (κ2) is 6.78. The van der Waals surface area contributed by atoms with Crippen LogP contribution in [0.2, 0.25) is 0 Å². The number of carbonyl (C=O) groups excluding carboxylic acids is 1. The van der Waals surface area contributed by atoms with Crippen molar-refractivity contribution in [2.75, 3.05) is 26.2 Å². The molecule has 0 bridgehead atoms. The van der Waals surface area contributed by atoms with Crippen LogP contribution in [-0.4, -0.2) is 64.3 Å². The van der Waals surface area contributed by atoms with Crippen LogP contribution in [0.15, 0.2) is 0 Å². The zero-order valence-electron chi connectivity index (χ0n) is 15.8. The molecular formula is C19H32N2O4. The molecule has 0 aromatic rings. The Kier molecular flexibility index (Phi) is 5.02. The van der Waals surface area contributed by atoms with Gasteiger partial charge in [0, 0.05) is 19.6 Å². The van der Waals surface area contributed by atoms with Crippen LogP contribution in [0.4, 0.5) is 4.79 Å². The Labute approximate surface area is 150 Å². The monoisotopic (exact) mass is 352 g/mol. The van der Waals surface area contributed by atoms with Crippen molar-refractivity contribution in [2.45, 2.75) is 70.4 Å². The van der Waals surface area contributed by atoms with Crippen LogP contribution in [0.3, 0.4) is 0 Å². The van der Waals surface area contributed by atoms with Crippen molar-refractivity contribution >= 4 is 12.1 Å². The van der Waals surface area contributed by atoms with Crippen LogP contribution in [0.1, 0.15) is 59.3 Å². The minimum atomic E-state index is -0.783. The lowest BCUT2D eigenvalue weighted by Crippen LogP contribution is -2.73. The first-order chi connectivity index (χ1) is 11.7. The number of hydrogen-bond acceptors (Lipinski definition) is 4. The number of nitrogens with zero attached hydrogens (tertiary/aromatic N) is 2. The van der Waals surface area contributed by atoms with E-state index in [2.05, 4.69) is 4.90 Å². The van der Waals surface area contributed by atoms with Crippen molar-refractivity contribution in [1.82, 2.24) is 9.80 Å². The second-order valence-corrected chi connectivity index (χ2v) is 9.17. The van der Waals surface area contributed by atoms with Crippen LogP contribution in [0, 0.1) is 11.8 Å². The highest BCUT2D eigenvalue weighted by atomic mass is 16.6. The molecule has 0 aromatic heterocycles. The van der Waals surface area contributed by atoms with Gasteiger partial charge in [0.25, 0.3) is 0 Å². The number of carbonyl (C=O) groups is 2. The number of carboxylic acid groups (broad SMARTS) is 1. The maximum Gasteiger partial charge on any atom is 0.410 e. The fourth-order valence-electron chi connectivity index (χ4n) is 4.86. The first kappa shape index (κ1) is 18.5. The van der Waals surface area contributed by atoms with Crippen molar-refractivity contribution in [1.29, 1.82) is 0 Å². The van der Waals surface area contributed by atoms with E-state index in [-0.39, 0.29) is 12.5 Å². The number of amides is 1. The molecule has 1 saturated carbocycles. The summed E-state index contributed by atoms with van der Waals surface area (Å²) in [6.45, 7) is 8.42. The summed E-state index contributed by atoms with van der Waals surface area (Å²) in [4.78, 5) is 27.8. The van der Waals surface area contributed by atoms with Crippen molar-refractivity contribution in [3.63, 3.8) is 0 Å². The number of likely N-dealkylation sites (tertiary alicyclic amines) is 2. The van der Waals surface area contributed by atoms with Crippen molar-refractivity contribution in [3.05, 3.63) is 0 Å². The zero-order valence-corrected chi connectivity index (χ0v) is 15.8. The van der Waals surface area contributed by atoms with Crippen LogP contribution in [-0.2, 0) is 9.53 Å². The molecule has 3 rings (SSSR count). The normalized spacial score (nSPS) is 29.5. The average Bonchev–Trinajstić information content (AvgIpc) is 2.48. The quantitative estimate of drug-likeness (QED) is 0.845. The fraction of sp³-hybridized carbons (Fsp3) is 0.895. The van der Waals surface area contributed by atoms with E-state index in [0.717, 1.165) is 19.0 Å². The van der Waals surface area contributed by atoms with E-state index in [1.807, 2.05) is 20.8 Å². The SMILES string of the molecule is CC(C)(C)OC(=O)N1CC(CC(=O)O)(N2CCC3CCCCC3C2)C1. The molecule has 1 amide bonds. The van der Waals surface area contributed by atoms with Gasteiger partial charge in [0.15, 0.2) is 0 Å². The van der Waals surface area contributed by atoms with Gasteiger partial charge in [0.05, 0.1) is 12.0 Å². The van der Waals surface area contributed by atoms with Gasteiger partial charge in [-0.05, 0) is 52.0 Å². The number of aliphatic carboxylic acids is 1. The second-order valence-electron chi connectivity index (χ2n) is 9.17. The molecule has 1 N–H and O–H groups in total. The third-order valence-electron chi connectivity index (χ3n) is 6.06. The summed E-state index contributed by atoms with van der Waals surface area (Å²) in [7, 11) is 0. The molecule has 3 fully saturated rings. The lowest BCUT2D eigenvalue weighted by atomic mass is 9.72. The molecule has 0 aromatic carbocycles. The van der Waals surface area contributed by atoms with Crippen molar-refractivity contribution < 1.29 is 19.4 Å². The molecule has 2 heterocycles. The molecule has 3 aliphatic rings. The standard InChI is InChI=1S/C19H32N2O4/c1-18(2,3)25-17(24)20-12-19(13-20,10-16(22)23)21-9-8-14-6-4-5-7-15(14)11-21/h14-15H,4-13H2,1-3H3,(H,22,23). The number of ether oxygens (including phenoxy) is 1. The maximum absolute atomic E-state index is 12.3. The van der Waals surface area contributed by atoms with Gasteiger partial charge < -0.3 is 14.7 Å². The Morgan fingerprint density at radius 3 is 2.36 bits per heavy atom. The Morgan fingerprint density at radius 2 is 1.76 bits per heavy atom. The molecule has 6 nitrogen and oxygen atoms in total. The zero-order chi connectivity index (χ0) is 18.2. The predicted octanol–water partition coefficient (Wildman–Crippen LogP) is 2.96. The molecule has 2 unspecified atom stereocenters. The van der Waals surface area contributed by atoms with Gasteiger partial charge in [-0.25, -0.2) is 4.79 Å². The summed E-state index contributed by atoms with van der Waals surface area (Å²) >= 11 is 0.